The highest BCUT2D eigenvalue weighted by Crippen LogP contribution is 2.36. The van der Waals surface area contributed by atoms with Crippen LogP contribution < -0.4 is 15.2 Å². The standard InChI is InChI=1S/C30H24ClN5O7S2/c31-21-7-12-26(43-18-28(38)34-22-8-10-24(11-9-22)45(32,40)41)20(14-21)15-27-29(39)36(17-23-5-3-13-42-23)30(44-27)35-33-16-19-4-1-2-6-25(19)37/h1-16,37H,17-18H2,(H,34,38)(H2,32,40,41)/b27-15-,33-16-,35-30+. The smallest absolute Gasteiger partial charge is 0.267 e. The molecule has 0 spiro atoms. The number of benzene rings is 3. The van der Waals surface area contributed by atoms with Crippen LogP contribution in [0.2, 0.25) is 5.02 Å². The first kappa shape index (κ1) is 31.5. The molecule has 4 aromatic rings. The largest absolute Gasteiger partial charge is 0.507 e. The Morgan fingerprint density at radius 2 is 1.87 bits per heavy atom. The Balaban J connectivity index is 1.34. The number of furan rings is 1. The van der Waals surface area contributed by atoms with Gasteiger partial charge in [-0.25, -0.2) is 13.6 Å². The summed E-state index contributed by atoms with van der Waals surface area (Å²) >= 11 is 7.32. The van der Waals surface area contributed by atoms with E-state index in [0.29, 0.717) is 27.6 Å². The van der Waals surface area contributed by atoms with E-state index in [-0.39, 0.29) is 38.9 Å². The first-order valence-corrected chi connectivity index (χ1v) is 15.8. The number of carbonyl (C=O) groups excluding carboxylic acids is 2. The van der Waals surface area contributed by atoms with Gasteiger partial charge in [0.1, 0.15) is 17.3 Å². The summed E-state index contributed by atoms with van der Waals surface area (Å²) in [7, 11) is -3.87. The number of nitrogens with zero attached hydrogens (tertiary/aromatic N) is 3. The van der Waals surface area contributed by atoms with Crippen molar-refractivity contribution in [3.63, 3.8) is 0 Å². The average molecular weight is 666 g/mol. The maximum atomic E-state index is 13.5. The van der Waals surface area contributed by atoms with Crippen molar-refractivity contribution in [2.24, 2.45) is 15.3 Å². The fraction of sp³-hybridized carbons (Fsp3) is 0.0667. The number of para-hydroxylation sites is 1. The van der Waals surface area contributed by atoms with Gasteiger partial charge in [0, 0.05) is 21.8 Å². The van der Waals surface area contributed by atoms with Crippen molar-refractivity contribution in [2.75, 3.05) is 11.9 Å². The number of rotatable bonds is 10. The van der Waals surface area contributed by atoms with Gasteiger partial charge in [-0.3, -0.25) is 14.5 Å². The van der Waals surface area contributed by atoms with E-state index in [4.69, 9.17) is 25.9 Å². The zero-order chi connectivity index (χ0) is 32.0. The molecular weight excluding hydrogens is 642 g/mol. The minimum absolute atomic E-state index is 0.0340. The number of phenolic OH excluding ortho intramolecular Hbond substituents is 1. The zero-order valence-corrected chi connectivity index (χ0v) is 25.6. The van der Waals surface area contributed by atoms with E-state index < -0.39 is 22.5 Å². The molecule has 4 N–H and O–H groups in total. The van der Waals surface area contributed by atoms with Crippen molar-refractivity contribution in [1.82, 2.24) is 4.90 Å². The summed E-state index contributed by atoms with van der Waals surface area (Å²) in [4.78, 5) is 27.7. The molecule has 3 aromatic carbocycles. The molecule has 2 heterocycles. The first-order valence-electron chi connectivity index (χ1n) is 13.0. The van der Waals surface area contributed by atoms with Crippen LogP contribution in [0.1, 0.15) is 16.9 Å². The molecule has 0 saturated carbocycles. The molecule has 2 amide bonds. The van der Waals surface area contributed by atoms with Crippen LogP contribution in [-0.2, 0) is 26.2 Å². The molecule has 45 heavy (non-hydrogen) atoms. The second-order valence-corrected chi connectivity index (χ2v) is 12.4. The number of aromatic hydroxyl groups is 1. The van der Waals surface area contributed by atoms with E-state index in [1.807, 2.05) is 0 Å². The van der Waals surface area contributed by atoms with Crippen LogP contribution in [0, 0.1) is 0 Å². The SMILES string of the molecule is NS(=O)(=O)c1ccc(NC(=O)COc2ccc(Cl)cc2/C=C2\S/C(=N/N=C\c3ccccc3O)N(Cc3ccco3)C2=O)cc1. The number of hydrogen-bond acceptors (Lipinski definition) is 10. The van der Waals surface area contributed by atoms with Gasteiger partial charge in [-0.1, -0.05) is 23.7 Å². The summed E-state index contributed by atoms with van der Waals surface area (Å²) in [6.07, 6.45) is 4.45. The summed E-state index contributed by atoms with van der Waals surface area (Å²) in [5, 5.41) is 26.7. The summed E-state index contributed by atoms with van der Waals surface area (Å²) in [5.74, 6) is -0.0499. The number of thioether (sulfide) groups is 1. The van der Waals surface area contributed by atoms with Crippen LogP contribution >= 0.6 is 23.4 Å². The molecule has 1 aliphatic rings. The average Bonchev–Trinajstić information content (AvgIpc) is 3.62. The Morgan fingerprint density at radius 3 is 2.58 bits per heavy atom. The van der Waals surface area contributed by atoms with Gasteiger partial charge in [-0.05, 0) is 84.6 Å². The Bertz CT molecular complexity index is 1930. The summed E-state index contributed by atoms with van der Waals surface area (Å²) < 4.78 is 34.1. The number of nitrogens with one attached hydrogen (secondary N) is 1. The zero-order valence-electron chi connectivity index (χ0n) is 23.2. The fourth-order valence-electron chi connectivity index (χ4n) is 3.99. The molecule has 230 valence electrons. The number of ether oxygens (including phenoxy) is 1. The maximum Gasteiger partial charge on any atom is 0.267 e. The van der Waals surface area contributed by atoms with E-state index in [9.17, 15) is 23.1 Å². The van der Waals surface area contributed by atoms with E-state index in [1.165, 1.54) is 47.7 Å². The van der Waals surface area contributed by atoms with Gasteiger partial charge < -0.3 is 19.6 Å². The van der Waals surface area contributed by atoms with E-state index in [1.54, 1.807) is 54.6 Å². The number of hydrogen-bond donors (Lipinski definition) is 3. The predicted molar refractivity (Wildman–Crippen MR) is 171 cm³/mol. The number of amides is 2. The topological polar surface area (TPSA) is 177 Å². The quantitative estimate of drug-likeness (QED) is 0.123. The molecule has 5 rings (SSSR count). The molecule has 15 heteroatoms. The maximum absolute atomic E-state index is 13.5. The molecule has 1 aromatic heterocycles. The van der Waals surface area contributed by atoms with Crippen molar-refractivity contribution in [3.05, 3.63) is 112 Å². The lowest BCUT2D eigenvalue weighted by Gasteiger charge is -2.13. The molecule has 0 aliphatic carbocycles. The Hall–Kier alpha value is -4.89. The first-order chi connectivity index (χ1) is 21.6. The third-order valence-corrected chi connectivity index (χ3v) is 8.30. The van der Waals surface area contributed by atoms with Crippen LogP contribution in [0.25, 0.3) is 6.08 Å². The fourth-order valence-corrected chi connectivity index (χ4v) is 5.61. The van der Waals surface area contributed by atoms with E-state index in [2.05, 4.69) is 15.5 Å². The van der Waals surface area contributed by atoms with E-state index in [0.717, 1.165) is 11.8 Å². The number of nitrogens with two attached hydrogens (primary N) is 1. The number of primary sulfonamides is 1. The third kappa shape index (κ3) is 8.19. The molecule has 0 radical (unpaired) electrons. The van der Waals surface area contributed by atoms with Crippen LogP contribution in [0.5, 0.6) is 11.5 Å². The number of halogens is 1. The van der Waals surface area contributed by atoms with Crippen LogP contribution in [0.3, 0.4) is 0 Å². The van der Waals surface area contributed by atoms with Crippen molar-refractivity contribution in [3.8, 4) is 11.5 Å². The highest BCUT2D eigenvalue weighted by molar-refractivity contribution is 8.18. The van der Waals surface area contributed by atoms with Gasteiger partial charge in [-0.15, -0.1) is 5.10 Å². The Labute approximate surface area is 266 Å². The van der Waals surface area contributed by atoms with Gasteiger partial charge in [0.05, 0.1) is 28.8 Å². The molecule has 1 fully saturated rings. The van der Waals surface area contributed by atoms with Gasteiger partial charge in [0.2, 0.25) is 10.0 Å². The minimum atomic E-state index is -3.87. The molecule has 1 aliphatic heterocycles. The van der Waals surface area contributed by atoms with E-state index >= 15 is 0 Å². The number of anilines is 1. The van der Waals surface area contributed by atoms with Crippen molar-refractivity contribution < 1.29 is 32.3 Å². The lowest BCUT2D eigenvalue weighted by molar-refractivity contribution is -0.122. The molecule has 0 unspecified atom stereocenters. The normalized spacial score (nSPS) is 15.3. The number of amidine groups is 1. The van der Waals surface area contributed by atoms with Gasteiger partial charge in [-0.2, -0.15) is 5.10 Å². The Kier molecular flexibility index (Phi) is 9.68. The monoisotopic (exact) mass is 665 g/mol. The molecule has 12 nitrogen and oxygen atoms in total. The van der Waals surface area contributed by atoms with Gasteiger partial charge >= 0.3 is 0 Å². The summed E-state index contributed by atoms with van der Waals surface area (Å²) in [5.41, 5.74) is 1.23. The molecule has 1 saturated heterocycles. The highest BCUT2D eigenvalue weighted by atomic mass is 35.5. The van der Waals surface area contributed by atoms with Crippen LogP contribution in [0.15, 0.2) is 110 Å². The second-order valence-electron chi connectivity index (χ2n) is 9.36. The van der Waals surface area contributed by atoms with Gasteiger partial charge in [0.25, 0.3) is 11.8 Å². The molecular formula is C30H24ClN5O7S2. The van der Waals surface area contributed by atoms with Crippen LogP contribution in [0.4, 0.5) is 5.69 Å². The Morgan fingerprint density at radius 1 is 1.09 bits per heavy atom. The lowest BCUT2D eigenvalue weighted by atomic mass is 10.2. The van der Waals surface area contributed by atoms with Crippen LogP contribution in [-0.4, -0.2) is 48.2 Å². The number of sulfonamides is 1. The predicted octanol–water partition coefficient (Wildman–Crippen LogP) is 4.81. The molecule has 0 bridgehead atoms. The summed E-state index contributed by atoms with van der Waals surface area (Å²) in [6.45, 7) is -0.299. The van der Waals surface area contributed by atoms with Crippen molar-refractivity contribution in [1.29, 1.82) is 0 Å². The minimum Gasteiger partial charge on any atom is -0.507 e. The van der Waals surface area contributed by atoms with Gasteiger partial charge in [0.15, 0.2) is 11.8 Å². The number of phenols is 1. The third-order valence-electron chi connectivity index (χ3n) is 6.14. The second kappa shape index (κ2) is 13.8. The lowest BCUT2D eigenvalue weighted by Crippen LogP contribution is -2.28. The van der Waals surface area contributed by atoms with Crippen molar-refractivity contribution in [2.45, 2.75) is 11.4 Å². The number of carbonyl (C=O) groups is 2. The van der Waals surface area contributed by atoms with Crippen molar-refractivity contribution >= 4 is 68.3 Å². The highest BCUT2D eigenvalue weighted by Gasteiger charge is 2.34. The summed E-state index contributed by atoms with van der Waals surface area (Å²) in [6, 6.07) is 20.1. The molecule has 0 atom stereocenters.